The number of nitrogens with zero attached hydrogens (tertiary/aromatic N) is 4. The van der Waals surface area contributed by atoms with Crippen LogP contribution >= 0.6 is 11.3 Å². The summed E-state index contributed by atoms with van der Waals surface area (Å²) in [5.41, 5.74) is 2.97. The Morgan fingerprint density at radius 1 is 1.13 bits per heavy atom. The molecule has 1 atom stereocenters. The maximum Gasteiger partial charge on any atom is 0.280 e. The summed E-state index contributed by atoms with van der Waals surface area (Å²) in [5, 5.41) is 6.16. The molecule has 39 heavy (non-hydrogen) atoms. The first-order chi connectivity index (χ1) is 18.7. The molecule has 0 radical (unpaired) electrons. The summed E-state index contributed by atoms with van der Waals surface area (Å²) in [6, 6.07) is 19.4. The molecule has 0 bridgehead atoms. The van der Waals surface area contributed by atoms with Gasteiger partial charge in [-0.05, 0) is 73.7 Å². The fraction of sp³-hybridized carbons (Fsp3) is 0.276. The number of aromatic nitrogens is 1. The van der Waals surface area contributed by atoms with Crippen molar-refractivity contribution in [1.82, 2.24) is 9.29 Å². The Kier molecular flexibility index (Phi) is 7.79. The van der Waals surface area contributed by atoms with Crippen LogP contribution in [0, 0.1) is 12.8 Å². The van der Waals surface area contributed by atoms with Crippen LogP contribution in [0.15, 0.2) is 76.7 Å². The van der Waals surface area contributed by atoms with Crippen LogP contribution < -0.4 is 9.75 Å². The quantitative estimate of drug-likeness (QED) is 0.212. The van der Waals surface area contributed by atoms with Crippen molar-refractivity contribution in [2.75, 3.05) is 25.2 Å². The van der Waals surface area contributed by atoms with E-state index in [1.807, 2.05) is 49.4 Å². The van der Waals surface area contributed by atoms with E-state index in [-0.39, 0.29) is 4.90 Å². The summed E-state index contributed by atoms with van der Waals surface area (Å²) in [5.74, 6) is 0.599. The number of rotatable bonds is 7. The lowest BCUT2D eigenvalue weighted by atomic mass is 10.0. The smallest absolute Gasteiger partial charge is 0.280 e. The number of hydrogen-bond donors (Lipinski definition) is 0. The largest absolute Gasteiger partial charge is 0.497 e. The molecule has 3 aromatic carbocycles. The van der Waals surface area contributed by atoms with E-state index in [0.29, 0.717) is 35.5 Å². The lowest BCUT2D eigenvalue weighted by Crippen LogP contribution is -2.39. The van der Waals surface area contributed by atoms with Gasteiger partial charge in [-0.2, -0.15) is 14.4 Å². The third-order valence-corrected chi connectivity index (χ3v) is 9.59. The van der Waals surface area contributed by atoms with Crippen molar-refractivity contribution in [3.63, 3.8) is 0 Å². The molecule has 0 N–H and O–H groups in total. The van der Waals surface area contributed by atoms with Gasteiger partial charge < -0.3 is 4.74 Å². The number of ether oxygens (including phenoxy) is 1. The van der Waals surface area contributed by atoms with Gasteiger partial charge in [-0.1, -0.05) is 48.1 Å². The van der Waals surface area contributed by atoms with Crippen molar-refractivity contribution in [2.24, 2.45) is 11.0 Å². The van der Waals surface area contributed by atoms with Crippen molar-refractivity contribution in [2.45, 2.75) is 31.6 Å². The average Bonchev–Trinajstić information content (AvgIpc) is 3.37. The van der Waals surface area contributed by atoms with Gasteiger partial charge in [-0.15, -0.1) is 0 Å². The van der Waals surface area contributed by atoms with Crippen LogP contribution in [-0.2, 0) is 10.0 Å². The number of fused-ring (bicyclic) bond motifs is 1. The molecule has 1 aliphatic rings. The number of amides is 1. The molecule has 1 unspecified atom stereocenters. The van der Waals surface area contributed by atoms with Gasteiger partial charge in [0.15, 0.2) is 0 Å². The molecule has 202 valence electrons. The molecular formula is C29H30N4O4S2. The summed E-state index contributed by atoms with van der Waals surface area (Å²) < 4.78 is 34.1. The molecule has 5 rings (SSSR count). The maximum absolute atomic E-state index is 13.7. The van der Waals surface area contributed by atoms with Crippen molar-refractivity contribution in [1.29, 1.82) is 0 Å². The highest BCUT2D eigenvalue weighted by atomic mass is 32.2. The van der Waals surface area contributed by atoms with Crippen LogP contribution in [0.3, 0.4) is 0 Å². The monoisotopic (exact) mass is 562 g/mol. The molecule has 1 saturated heterocycles. The fourth-order valence-electron chi connectivity index (χ4n) is 4.48. The predicted molar refractivity (Wildman–Crippen MR) is 155 cm³/mol. The van der Waals surface area contributed by atoms with Gasteiger partial charge in [0.1, 0.15) is 5.75 Å². The highest BCUT2D eigenvalue weighted by Gasteiger charge is 2.29. The molecule has 0 aliphatic carbocycles. The molecule has 4 aromatic rings. The van der Waals surface area contributed by atoms with Gasteiger partial charge in [-0.25, -0.2) is 13.4 Å². The Balaban J connectivity index is 1.47. The Hall–Kier alpha value is -3.60. The van der Waals surface area contributed by atoms with Gasteiger partial charge in [0.2, 0.25) is 15.2 Å². The standard InChI is InChI=1S/C29H30N4O4S2/c1-20-6-8-22(9-7-20)18-30-33(29-31-26-15-12-24(37-3)17-27(26)38-29)28(34)23-10-13-25(14-11-23)39(35,36)32-16-4-5-21(2)19-32/h6-15,17-18,21H,4-5,16,19H2,1-3H3/b30-18+. The average molecular weight is 563 g/mol. The Labute approximate surface area is 232 Å². The molecule has 8 nitrogen and oxygen atoms in total. The molecule has 10 heteroatoms. The Morgan fingerprint density at radius 3 is 2.56 bits per heavy atom. The maximum atomic E-state index is 13.7. The molecule has 1 aliphatic heterocycles. The minimum Gasteiger partial charge on any atom is -0.497 e. The first-order valence-electron chi connectivity index (χ1n) is 12.7. The van der Waals surface area contributed by atoms with E-state index in [2.05, 4.69) is 17.0 Å². The second kappa shape index (κ2) is 11.3. The van der Waals surface area contributed by atoms with E-state index in [1.165, 1.54) is 44.9 Å². The minimum absolute atomic E-state index is 0.176. The number of carbonyl (C=O) groups excluding carboxylic acids is 1. The number of piperidine rings is 1. The number of hydrazone groups is 1. The van der Waals surface area contributed by atoms with Gasteiger partial charge in [0.25, 0.3) is 5.91 Å². The van der Waals surface area contributed by atoms with Crippen LogP contribution in [0.4, 0.5) is 5.13 Å². The summed E-state index contributed by atoms with van der Waals surface area (Å²) in [6.45, 7) is 5.08. The SMILES string of the molecule is COc1ccc2nc(N(/N=C/c3ccc(C)cc3)C(=O)c3ccc(S(=O)(=O)N4CCCC(C)C4)cc3)sc2c1. The second-order valence-electron chi connectivity index (χ2n) is 9.74. The molecule has 1 amide bonds. The van der Waals surface area contributed by atoms with Gasteiger partial charge in [-0.3, -0.25) is 4.79 Å². The van der Waals surface area contributed by atoms with Crippen LogP contribution in [0.5, 0.6) is 5.75 Å². The van der Waals surface area contributed by atoms with Crippen LogP contribution in [0.2, 0.25) is 0 Å². The first-order valence-corrected chi connectivity index (χ1v) is 15.0. The summed E-state index contributed by atoms with van der Waals surface area (Å²) in [4.78, 5) is 18.5. The first kappa shape index (κ1) is 27.0. The molecule has 2 heterocycles. The van der Waals surface area contributed by atoms with Crippen molar-refractivity contribution >= 4 is 48.8 Å². The van der Waals surface area contributed by atoms with Crippen molar-refractivity contribution in [3.8, 4) is 5.75 Å². The highest BCUT2D eigenvalue weighted by Crippen LogP contribution is 2.33. The number of carbonyl (C=O) groups is 1. The normalized spacial score (nSPS) is 16.5. The zero-order chi connectivity index (χ0) is 27.6. The Bertz CT molecular complexity index is 1610. The van der Waals surface area contributed by atoms with Crippen LogP contribution in [0.1, 0.15) is 41.3 Å². The third-order valence-electron chi connectivity index (χ3n) is 6.72. The van der Waals surface area contributed by atoms with Crippen molar-refractivity contribution in [3.05, 3.63) is 83.4 Å². The fourth-order valence-corrected chi connectivity index (χ4v) is 7.03. The Morgan fingerprint density at radius 2 is 1.87 bits per heavy atom. The van der Waals surface area contributed by atoms with E-state index < -0.39 is 15.9 Å². The molecule has 0 spiro atoms. The summed E-state index contributed by atoms with van der Waals surface area (Å²) in [7, 11) is -2.03. The third kappa shape index (κ3) is 5.88. The van der Waals surface area contributed by atoms with E-state index in [4.69, 9.17) is 4.74 Å². The molecule has 1 aromatic heterocycles. The van der Waals surface area contributed by atoms with E-state index in [0.717, 1.165) is 34.2 Å². The number of anilines is 1. The van der Waals surface area contributed by atoms with E-state index >= 15 is 0 Å². The number of sulfonamides is 1. The van der Waals surface area contributed by atoms with Crippen LogP contribution in [-0.4, -0.2) is 50.0 Å². The lowest BCUT2D eigenvalue weighted by Gasteiger charge is -2.30. The topological polar surface area (TPSA) is 92.2 Å². The zero-order valence-electron chi connectivity index (χ0n) is 22.1. The van der Waals surface area contributed by atoms with E-state index in [9.17, 15) is 13.2 Å². The van der Waals surface area contributed by atoms with Crippen molar-refractivity contribution < 1.29 is 17.9 Å². The highest BCUT2D eigenvalue weighted by molar-refractivity contribution is 7.89. The summed E-state index contributed by atoms with van der Waals surface area (Å²) in [6.07, 6.45) is 3.48. The number of benzene rings is 3. The van der Waals surface area contributed by atoms with Gasteiger partial charge in [0.05, 0.1) is 28.4 Å². The number of methoxy groups -OCH3 is 1. The lowest BCUT2D eigenvalue weighted by molar-refractivity contribution is 0.0987. The molecule has 0 saturated carbocycles. The van der Waals surface area contributed by atoms with Crippen LogP contribution in [0.25, 0.3) is 10.2 Å². The number of hydrogen-bond acceptors (Lipinski definition) is 7. The number of aryl methyl sites for hydroxylation is 1. The second-order valence-corrected chi connectivity index (χ2v) is 12.7. The van der Waals surface area contributed by atoms with E-state index in [1.54, 1.807) is 13.3 Å². The molecule has 1 fully saturated rings. The van der Waals surface area contributed by atoms with Gasteiger partial charge in [0, 0.05) is 18.7 Å². The molecular weight excluding hydrogens is 532 g/mol. The predicted octanol–water partition coefficient (Wildman–Crippen LogP) is 5.71. The summed E-state index contributed by atoms with van der Waals surface area (Å²) >= 11 is 1.32. The van der Waals surface area contributed by atoms with Gasteiger partial charge >= 0.3 is 0 Å². The minimum atomic E-state index is -3.63. The number of thiazole rings is 1. The zero-order valence-corrected chi connectivity index (χ0v) is 23.7.